The summed E-state index contributed by atoms with van der Waals surface area (Å²) in [6.07, 6.45) is 0. The molecule has 4 rings (SSSR count). The van der Waals surface area contributed by atoms with Gasteiger partial charge in [0.15, 0.2) is 6.79 Å². The first-order valence-corrected chi connectivity index (χ1v) is 8.84. The van der Waals surface area contributed by atoms with E-state index in [9.17, 15) is 9.59 Å². The summed E-state index contributed by atoms with van der Waals surface area (Å²) in [6.45, 7) is 1.71. The van der Waals surface area contributed by atoms with Crippen LogP contribution in [0.3, 0.4) is 0 Å². The second kappa shape index (κ2) is 7.46. The lowest BCUT2D eigenvalue weighted by Gasteiger charge is -2.21. The van der Waals surface area contributed by atoms with Gasteiger partial charge in [0.05, 0.1) is 12.2 Å². The predicted molar refractivity (Wildman–Crippen MR) is 98.0 cm³/mol. The first-order chi connectivity index (χ1) is 13.1. The van der Waals surface area contributed by atoms with Gasteiger partial charge in [0.25, 0.3) is 0 Å². The van der Waals surface area contributed by atoms with Crippen LogP contribution in [0.15, 0.2) is 36.4 Å². The Labute approximate surface area is 160 Å². The summed E-state index contributed by atoms with van der Waals surface area (Å²) in [7, 11) is 0. The molecule has 1 saturated heterocycles. The Balaban J connectivity index is 1.49. The van der Waals surface area contributed by atoms with Crippen molar-refractivity contribution in [2.45, 2.75) is 13.2 Å². The van der Waals surface area contributed by atoms with E-state index >= 15 is 0 Å². The molecule has 2 aliphatic rings. The Morgan fingerprint density at radius 1 is 1.30 bits per heavy atom. The maximum Gasteiger partial charge on any atom is 0.338 e. The van der Waals surface area contributed by atoms with E-state index in [1.807, 2.05) is 0 Å². The molecule has 0 unspecified atom stereocenters. The van der Waals surface area contributed by atoms with Crippen molar-refractivity contribution in [1.29, 1.82) is 0 Å². The maximum absolute atomic E-state index is 12.5. The number of fused-ring (bicyclic) bond motifs is 1. The number of halogens is 1. The molecule has 0 bridgehead atoms. The number of amides is 2. The highest BCUT2D eigenvalue weighted by atomic mass is 35.5. The molecule has 7 nitrogen and oxygen atoms in total. The van der Waals surface area contributed by atoms with E-state index in [0.717, 1.165) is 5.56 Å². The van der Waals surface area contributed by atoms with Gasteiger partial charge in [-0.1, -0.05) is 17.7 Å². The summed E-state index contributed by atoms with van der Waals surface area (Å²) in [6, 6.07) is 10.1. The highest BCUT2D eigenvalue weighted by Gasteiger charge is 2.22. The summed E-state index contributed by atoms with van der Waals surface area (Å²) < 4.78 is 16.2. The smallest absolute Gasteiger partial charge is 0.338 e. The summed E-state index contributed by atoms with van der Waals surface area (Å²) in [5.74, 6) is 0.151. The molecule has 1 fully saturated rings. The van der Waals surface area contributed by atoms with Crippen LogP contribution in [0, 0.1) is 0 Å². The van der Waals surface area contributed by atoms with Crippen molar-refractivity contribution in [3.05, 3.63) is 58.1 Å². The van der Waals surface area contributed by atoms with E-state index in [4.69, 9.17) is 25.8 Å². The van der Waals surface area contributed by atoms with Gasteiger partial charge in [-0.2, -0.15) is 0 Å². The number of hydrogen-bond acceptors (Lipinski definition) is 5. The van der Waals surface area contributed by atoms with Crippen molar-refractivity contribution in [3.8, 4) is 5.75 Å². The number of nitrogens with zero attached hydrogens (tertiary/aromatic N) is 1. The lowest BCUT2D eigenvalue weighted by molar-refractivity contribution is -0.0180. The summed E-state index contributed by atoms with van der Waals surface area (Å²) >= 11 is 6.13. The number of nitrogens with one attached hydrogen (secondary N) is 1. The van der Waals surface area contributed by atoms with Crippen LogP contribution in [-0.2, 0) is 22.7 Å². The number of rotatable bonds is 4. The molecular weight excluding hydrogens is 372 g/mol. The molecule has 0 aliphatic carbocycles. The number of urea groups is 1. The van der Waals surface area contributed by atoms with Gasteiger partial charge in [-0.05, 0) is 30.3 Å². The maximum atomic E-state index is 12.5. The zero-order chi connectivity index (χ0) is 18.8. The number of hydrogen-bond donors (Lipinski definition) is 1. The van der Waals surface area contributed by atoms with Gasteiger partial charge in [0.1, 0.15) is 12.4 Å². The van der Waals surface area contributed by atoms with Crippen molar-refractivity contribution >= 4 is 29.3 Å². The third-order valence-electron chi connectivity index (χ3n) is 4.36. The average Bonchev–Trinajstić information content (AvgIpc) is 3.11. The molecule has 2 aliphatic heterocycles. The number of anilines is 1. The van der Waals surface area contributed by atoms with Crippen molar-refractivity contribution in [2.24, 2.45) is 0 Å². The zero-order valence-corrected chi connectivity index (χ0v) is 15.1. The lowest BCUT2D eigenvalue weighted by Crippen LogP contribution is -2.27. The number of carbonyl (C=O) groups is 2. The van der Waals surface area contributed by atoms with Crippen LogP contribution in [0.1, 0.15) is 21.5 Å². The average molecular weight is 389 g/mol. The Morgan fingerprint density at radius 2 is 2.19 bits per heavy atom. The minimum Gasteiger partial charge on any atom is -0.467 e. The second-order valence-electron chi connectivity index (χ2n) is 6.17. The molecule has 2 amide bonds. The molecule has 1 N–H and O–H groups in total. The van der Waals surface area contributed by atoms with Crippen molar-refractivity contribution in [1.82, 2.24) is 5.32 Å². The minimum atomic E-state index is -0.489. The fourth-order valence-electron chi connectivity index (χ4n) is 3.11. The molecule has 2 aromatic carbocycles. The van der Waals surface area contributed by atoms with Gasteiger partial charge >= 0.3 is 12.0 Å². The van der Waals surface area contributed by atoms with Crippen LogP contribution >= 0.6 is 11.6 Å². The third kappa shape index (κ3) is 3.70. The summed E-state index contributed by atoms with van der Waals surface area (Å²) in [5.41, 5.74) is 2.53. The van der Waals surface area contributed by atoms with E-state index in [2.05, 4.69) is 5.32 Å². The molecular formula is C19H17ClN2O5. The van der Waals surface area contributed by atoms with Crippen molar-refractivity contribution in [3.63, 3.8) is 0 Å². The first-order valence-electron chi connectivity index (χ1n) is 8.46. The second-order valence-corrected chi connectivity index (χ2v) is 6.61. The van der Waals surface area contributed by atoms with Crippen LogP contribution < -0.4 is 15.0 Å². The van der Waals surface area contributed by atoms with Crippen LogP contribution in [0.4, 0.5) is 10.5 Å². The van der Waals surface area contributed by atoms with Gasteiger partial charge in [0.2, 0.25) is 0 Å². The monoisotopic (exact) mass is 388 g/mol. The van der Waals surface area contributed by atoms with E-state index in [0.29, 0.717) is 47.3 Å². The Bertz CT molecular complexity index is 902. The molecule has 140 valence electrons. The largest absolute Gasteiger partial charge is 0.467 e. The van der Waals surface area contributed by atoms with Crippen molar-refractivity contribution in [2.75, 3.05) is 24.8 Å². The third-order valence-corrected chi connectivity index (χ3v) is 4.58. The Morgan fingerprint density at radius 3 is 3.00 bits per heavy atom. The van der Waals surface area contributed by atoms with Crippen LogP contribution in [-0.4, -0.2) is 31.9 Å². The van der Waals surface area contributed by atoms with Gasteiger partial charge in [0, 0.05) is 34.9 Å². The van der Waals surface area contributed by atoms with Gasteiger partial charge in [-0.15, -0.1) is 0 Å². The molecule has 0 aromatic heterocycles. The minimum absolute atomic E-state index is 0.0240. The number of carbonyl (C=O) groups excluding carboxylic acids is 2. The van der Waals surface area contributed by atoms with E-state index in [1.54, 1.807) is 41.3 Å². The molecule has 0 spiro atoms. The summed E-state index contributed by atoms with van der Waals surface area (Å²) in [4.78, 5) is 25.9. The van der Waals surface area contributed by atoms with Crippen molar-refractivity contribution < 1.29 is 23.8 Å². The molecule has 0 radical (unpaired) electrons. The molecule has 2 heterocycles. The number of benzene rings is 2. The zero-order valence-electron chi connectivity index (χ0n) is 14.4. The quantitative estimate of drug-likeness (QED) is 0.814. The lowest BCUT2D eigenvalue weighted by atomic mass is 10.1. The predicted octanol–water partition coefficient (Wildman–Crippen LogP) is 3.09. The molecule has 0 saturated carbocycles. The Kier molecular flexibility index (Phi) is 4.87. The normalized spacial score (nSPS) is 15.7. The summed E-state index contributed by atoms with van der Waals surface area (Å²) in [5, 5.41) is 3.26. The van der Waals surface area contributed by atoms with Gasteiger partial charge < -0.3 is 19.5 Å². The SMILES string of the molecule is O=C(OCc1cc(Cl)cc2c1OCOC2)c1cccc(N2CCNC2=O)c1. The van der Waals surface area contributed by atoms with Crippen LogP contribution in [0.25, 0.3) is 0 Å². The van der Waals surface area contributed by atoms with Gasteiger partial charge in [-0.3, -0.25) is 4.90 Å². The Hall–Kier alpha value is -2.77. The standard InChI is InChI=1S/C19H17ClN2O5/c20-15-6-13-9-25-11-27-17(13)14(7-15)10-26-18(23)12-2-1-3-16(8-12)22-5-4-21-19(22)24/h1-3,6-8H,4-5,9-11H2,(H,21,24). The molecule has 0 atom stereocenters. The van der Waals surface area contributed by atoms with E-state index < -0.39 is 5.97 Å². The molecule has 2 aromatic rings. The number of ether oxygens (including phenoxy) is 3. The van der Waals surface area contributed by atoms with Gasteiger partial charge in [-0.25, -0.2) is 9.59 Å². The van der Waals surface area contributed by atoms with E-state index in [-0.39, 0.29) is 19.4 Å². The van der Waals surface area contributed by atoms with Crippen LogP contribution in [0.5, 0.6) is 5.75 Å². The molecule has 8 heteroatoms. The number of esters is 1. The fraction of sp³-hybridized carbons (Fsp3) is 0.263. The highest BCUT2D eigenvalue weighted by Crippen LogP contribution is 2.32. The molecule has 27 heavy (non-hydrogen) atoms. The fourth-order valence-corrected chi connectivity index (χ4v) is 3.37. The topological polar surface area (TPSA) is 77.1 Å². The first kappa shape index (κ1) is 17.6. The van der Waals surface area contributed by atoms with Crippen LogP contribution in [0.2, 0.25) is 5.02 Å². The van der Waals surface area contributed by atoms with E-state index in [1.165, 1.54) is 0 Å². The highest BCUT2D eigenvalue weighted by molar-refractivity contribution is 6.30.